The van der Waals surface area contributed by atoms with Crippen LogP contribution in [0.25, 0.3) is 0 Å². The quantitative estimate of drug-likeness (QED) is 0.746. The van der Waals surface area contributed by atoms with Gasteiger partial charge in [-0.05, 0) is 48.6 Å². The predicted octanol–water partition coefficient (Wildman–Crippen LogP) is 4.32. The summed E-state index contributed by atoms with van der Waals surface area (Å²) in [5.74, 6) is 0.331. The van der Waals surface area contributed by atoms with E-state index in [0.29, 0.717) is 18.4 Å². The number of aryl methyl sites for hydroxylation is 1. The van der Waals surface area contributed by atoms with Crippen molar-refractivity contribution in [2.75, 3.05) is 0 Å². The standard InChI is InChI=1S/C16H19NOS2/c18-16(7-1-4-14-5-2-10-19-14)17(13-8-9-13)12-15-6-3-11-20-15/h2-3,5-6,10-11,13H,1,4,7-9,12H2. The van der Waals surface area contributed by atoms with Gasteiger partial charge in [0.05, 0.1) is 6.54 Å². The molecule has 1 aliphatic rings. The fraction of sp³-hybridized carbons (Fsp3) is 0.438. The van der Waals surface area contributed by atoms with Gasteiger partial charge in [0.25, 0.3) is 0 Å². The highest BCUT2D eigenvalue weighted by Crippen LogP contribution is 2.30. The Morgan fingerprint density at radius 2 is 1.85 bits per heavy atom. The van der Waals surface area contributed by atoms with Crippen LogP contribution in [0.2, 0.25) is 0 Å². The molecule has 0 aromatic carbocycles. The van der Waals surface area contributed by atoms with Crippen molar-refractivity contribution in [3.05, 3.63) is 44.8 Å². The molecule has 0 N–H and O–H groups in total. The molecule has 0 bridgehead atoms. The molecule has 0 radical (unpaired) electrons. The highest BCUT2D eigenvalue weighted by atomic mass is 32.1. The number of carbonyl (C=O) groups is 1. The van der Waals surface area contributed by atoms with E-state index in [4.69, 9.17) is 0 Å². The minimum absolute atomic E-state index is 0.331. The molecule has 0 spiro atoms. The van der Waals surface area contributed by atoms with Crippen LogP contribution in [0, 0.1) is 0 Å². The van der Waals surface area contributed by atoms with Gasteiger partial charge in [-0.1, -0.05) is 12.1 Å². The van der Waals surface area contributed by atoms with E-state index >= 15 is 0 Å². The van der Waals surface area contributed by atoms with Crippen molar-refractivity contribution in [2.45, 2.75) is 44.7 Å². The molecule has 2 nitrogen and oxygen atoms in total. The minimum Gasteiger partial charge on any atom is -0.335 e. The van der Waals surface area contributed by atoms with Crippen LogP contribution in [-0.4, -0.2) is 16.8 Å². The van der Waals surface area contributed by atoms with Gasteiger partial charge in [0.15, 0.2) is 0 Å². The average Bonchev–Trinajstić information content (AvgIpc) is 2.93. The van der Waals surface area contributed by atoms with Crippen LogP contribution in [0.5, 0.6) is 0 Å². The summed E-state index contributed by atoms with van der Waals surface area (Å²) in [6, 6.07) is 8.92. The van der Waals surface area contributed by atoms with Crippen LogP contribution in [0.3, 0.4) is 0 Å². The Morgan fingerprint density at radius 3 is 2.45 bits per heavy atom. The summed E-state index contributed by atoms with van der Waals surface area (Å²) in [4.78, 5) is 17.2. The molecule has 2 aromatic rings. The lowest BCUT2D eigenvalue weighted by Gasteiger charge is -2.21. The third-order valence-corrected chi connectivity index (χ3v) is 5.41. The molecule has 2 heterocycles. The van der Waals surface area contributed by atoms with Crippen LogP contribution in [0.15, 0.2) is 35.0 Å². The predicted molar refractivity (Wildman–Crippen MR) is 85.1 cm³/mol. The number of rotatable bonds is 7. The molecule has 2 aromatic heterocycles. The summed E-state index contributed by atoms with van der Waals surface area (Å²) >= 11 is 3.53. The van der Waals surface area contributed by atoms with Crippen LogP contribution in [0.4, 0.5) is 0 Å². The molecule has 3 rings (SSSR count). The van der Waals surface area contributed by atoms with E-state index in [2.05, 4.69) is 39.9 Å². The van der Waals surface area contributed by atoms with Gasteiger partial charge in [0, 0.05) is 22.2 Å². The first-order chi connectivity index (χ1) is 9.83. The van der Waals surface area contributed by atoms with Crippen molar-refractivity contribution in [1.29, 1.82) is 0 Å². The summed E-state index contributed by atoms with van der Waals surface area (Å²) in [5, 5.41) is 4.19. The molecule has 106 valence electrons. The molecule has 0 unspecified atom stereocenters. The molecule has 1 fully saturated rings. The van der Waals surface area contributed by atoms with E-state index in [-0.39, 0.29) is 0 Å². The maximum absolute atomic E-state index is 12.4. The maximum Gasteiger partial charge on any atom is 0.223 e. The number of nitrogens with zero attached hydrogens (tertiary/aromatic N) is 1. The Bertz CT molecular complexity index is 529. The first kappa shape index (κ1) is 13.8. The van der Waals surface area contributed by atoms with Gasteiger partial charge in [-0.25, -0.2) is 0 Å². The van der Waals surface area contributed by atoms with Crippen LogP contribution >= 0.6 is 22.7 Å². The van der Waals surface area contributed by atoms with Crippen LogP contribution in [0.1, 0.15) is 35.4 Å². The summed E-state index contributed by atoms with van der Waals surface area (Å²) < 4.78 is 0. The molecule has 0 aliphatic heterocycles. The number of thiophene rings is 2. The Balaban J connectivity index is 1.50. The van der Waals surface area contributed by atoms with Gasteiger partial charge in [0.1, 0.15) is 0 Å². The number of hydrogen-bond donors (Lipinski definition) is 0. The van der Waals surface area contributed by atoms with Gasteiger partial charge in [-0.15, -0.1) is 22.7 Å². The Hall–Kier alpha value is -1.13. The van der Waals surface area contributed by atoms with E-state index in [9.17, 15) is 4.79 Å². The largest absolute Gasteiger partial charge is 0.335 e. The van der Waals surface area contributed by atoms with Gasteiger partial charge in [0.2, 0.25) is 5.91 Å². The lowest BCUT2D eigenvalue weighted by atomic mass is 10.2. The molecule has 1 amide bonds. The zero-order chi connectivity index (χ0) is 13.8. The molecule has 1 aliphatic carbocycles. The second-order valence-corrected chi connectivity index (χ2v) is 7.33. The molecule has 1 saturated carbocycles. The number of hydrogen-bond acceptors (Lipinski definition) is 3. The Labute approximate surface area is 128 Å². The summed E-state index contributed by atoms with van der Waals surface area (Å²) in [5.41, 5.74) is 0. The van der Waals surface area contributed by atoms with Gasteiger partial charge < -0.3 is 4.90 Å². The normalized spacial score (nSPS) is 14.4. The Morgan fingerprint density at radius 1 is 1.15 bits per heavy atom. The summed E-state index contributed by atoms with van der Waals surface area (Å²) in [6.45, 7) is 0.806. The van der Waals surface area contributed by atoms with E-state index in [0.717, 1.165) is 19.4 Å². The first-order valence-electron chi connectivity index (χ1n) is 7.17. The van der Waals surface area contributed by atoms with E-state index < -0.39 is 0 Å². The topological polar surface area (TPSA) is 20.3 Å². The number of carbonyl (C=O) groups excluding carboxylic acids is 1. The zero-order valence-electron chi connectivity index (χ0n) is 11.5. The third kappa shape index (κ3) is 3.70. The Kier molecular flexibility index (Phi) is 4.53. The molecular weight excluding hydrogens is 286 g/mol. The highest BCUT2D eigenvalue weighted by molar-refractivity contribution is 7.10. The second kappa shape index (κ2) is 6.55. The monoisotopic (exact) mass is 305 g/mol. The van der Waals surface area contributed by atoms with Gasteiger partial charge in [-0.3, -0.25) is 4.79 Å². The summed E-state index contributed by atoms with van der Waals surface area (Å²) in [7, 11) is 0. The number of amides is 1. The van der Waals surface area contributed by atoms with E-state index in [1.54, 1.807) is 22.7 Å². The van der Waals surface area contributed by atoms with Crippen molar-refractivity contribution >= 4 is 28.6 Å². The zero-order valence-corrected chi connectivity index (χ0v) is 13.1. The lowest BCUT2D eigenvalue weighted by Crippen LogP contribution is -2.32. The SMILES string of the molecule is O=C(CCCc1cccs1)N(Cc1cccs1)C1CC1. The van der Waals surface area contributed by atoms with Crippen molar-refractivity contribution < 1.29 is 4.79 Å². The summed E-state index contributed by atoms with van der Waals surface area (Å²) in [6.07, 6.45) is 5.04. The molecular formula is C16H19NOS2. The van der Waals surface area contributed by atoms with Gasteiger partial charge >= 0.3 is 0 Å². The fourth-order valence-corrected chi connectivity index (χ4v) is 3.84. The molecule has 4 heteroatoms. The van der Waals surface area contributed by atoms with E-state index in [1.165, 1.54) is 22.6 Å². The smallest absolute Gasteiger partial charge is 0.223 e. The average molecular weight is 305 g/mol. The maximum atomic E-state index is 12.4. The first-order valence-corrected chi connectivity index (χ1v) is 8.93. The van der Waals surface area contributed by atoms with Crippen molar-refractivity contribution in [3.63, 3.8) is 0 Å². The van der Waals surface area contributed by atoms with Crippen LogP contribution in [-0.2, 0) is 17.8 Å². The second-order valence-electron chi connectivity index (χ2n) is 5.27. The van der Waals surface area contributed by atoms with Gasteiger partial charge in [-0.2, -0.15) is 0 Å². The van der Waals surface area contributed by atoms with Crippen molar-refractivity contribution in [1.82, 2.24) is 4.90 Å². The van der Waals surface area contributed by atoms with Crippen molar-refractivity contribution in [3.8, 4) is 0 Å². The van der Waals surface area contributed by atoms with E-state index in [1.807, 2.05) is 0 Å². The highest BCUT2D eigenvalue weighted by Gasteiger charge is 2.32. The van der Waals surface area contributed by atoms with Crippen molar-refractivity contribution in [2.24, 2.45) is 0 Å². The minimum atomic E-state index is 0.331. The van der Waals surface area contributed by atoms with Crippen LogP contribution < -0.4 is 0 Å². The third-order valence-electron chi connectivity index (χ3n) is 3.61. The molecule has 0 atom stereocenters. The fourth-order valence-electron chi connectivity index (χ4n) is 2.39. The lowest BCUT2D eigenvalue weighted by molar-refractivity contribution is -0.132. The molecule has 0 saturated heterocycles. The molecule has 20 heavy (non-hydrogen) atoms.